The second kappa shape index (κ2) is 7.32. The standard InChI is InChI=1S/C18H14BrClF2N2O2/c19-12-6-3-5-11(15(12)20)18(21,22)17(26)24-14-9-8-10-4-1-2-7-13(10)23-16(14)25/h1-7,14H,8-9H2,(H,23,25)(H,24,26). The lowest BCUT2D eigenvalue weighted by Gasteiger charge is -2.21. The van der Waals surface area contributed by atoms with Gasteiger partial charge in [0.25, 0.3) is 5.91 Å². The summed E-state index contributed by atoms with van der Waals surface area (Å²) in [6.07, 6.45) is 0.694. The summed E-state index contributed by atoms with van der Waals surface area (Å²) in [5.74, 6) is -5.97. The Balaban J connectivity index is 1.79. The van der Waals surface area contributed by atoms with Crippen LogP contribution >= 0.6 is 27.5 Å². The van der Waals surface area contributed by atoms with Gasteiger partial charge in [-0.3, -0.25) is 9.59 Å². The van der Waals surface area contributed by atoms with Crippen LogP contribution in [0, 0.1) is 0 Å². The average Bonchev–Trinajstić information content (AvgIpc) is 2.76. The molecule has 0 radical (unpaired) electrons. The van der Waals surface area contributed by atoms with E-state index in [4.69, 9.17) is 11.6 Å². The fourth-order valence-electron chi connectivity index (χ4n) is 2.77. The van der Waals surface area contributed by atoms with Gasteiger partial charge in [-0.05, 0) is 46.5 Å². The maximum absolute atomic E-state index is 14.6. The van der Waals surface area contributed by atoms with E-state index in [1.807, 2.05) is 12.1 Å². The molecule has 0 bridgehead atoms. The van der Waals surface area contributed by atoms with Crippen LogP contribution in [0.1, 0.15) is 17.5 Å². The molecular weight excluding hydrogens is 430 g/mol. The van der Waals surface area contributed by atoms with Crippen molar-refractivity contribution < 1.29 is 18.4 Å². The molecule has 1 aliphatic rings. The number of para-hydroxylation sites is 1. The topological polar surface area (TPSA) is 58.2 Å². The maximum atomic E-state index is 14.6. The number of benzene rings is 2. The van der Waals surface area contributed by atoms with Crippen molar-refractivity contribution >= 4 is 45.0 Å². The minimum atomic E-state index is -3.87. The van der Waals surface area contributed by atoms with Crippen LogP contribution < -0.4 is 10.6 Å². The molecule has 1 atom stereocenters. The molecule has 0 saturated heterocycles. The largest absolute Gasteiger partial charge is 0.351 e. The van der Waals surface area contributed by atoms with Crippen LogP contribution in [0.25, 0.3) is 0 Å². The number of fused-ring (bicyclic) bond motifs is 1. The summed E-state index contributed by atoms with van der Waals surface area (Å²) in [5, 5.41) is 4.57. The highest BCUT2D eigenvalue weighted by Crippen LogP contribution is 2.37. The van der Waals surface area contributed by atoms with E-state index in [0.29, 0.717) is 12.1 Å². The molecule has 0 spiro atoms. The zero-order valence-corrected chi connectivity index (χ0v) is 15.7. The summed E-state index contributed by atoms with van der Waals surface area (Å²) in [6, 6.07) is 10.0. The number of hydrogen-bond acceptors (Lipinski definition) is 2. The number of rotatable bonds is 3. The van der Waals surface area contributed by atoms with Gasteiger partial charge in [-0.2, -0.15) is 8.78 Å². The summed E-state index contributed by atoms with van der Waals surface area (Å²) in [7, 11) is 0. The average molecular weight is 444 g/mol. The molecule has 2 N–H and O–H groups in total. The number of hydrogen-bond donors (Lipinski definition) is 2. The first-order valence-corrected chi connectivity index (χ1v) is 9.00. The molecule has 0 fully saturated rings. The quantitative estimate of drug-likeness (QED) is 0.744. The SMILES string of the molecule is O=C1Nc2ccccc2CCC1NC(=O)C(F)(F)c1cccc(Br)c1Cl. The minimum Gasteiger partial charge on any atom is -0.339 e. The summed E-state index contributed by atoms with van der Waals surface area (Å²) in [6.45, 7) is 0. The van der Waals surface area contributed by atoms with E-state index in [2.05, 4.69) is 26.6 Å². The van der Waals surface area contributed by atoms with E-state index in [-0.39, 0.29) is 15.9 Å². The van der Waals surface area contributed by atoms with Crippen LogP contribution in [-0.2, 0) is 21.9 Å². The minimum absolute atomic E-state index is 0.219. The van der Waals surface area contributed by atoms with Gasteiger partial charge in [-0.1, -0.05) is 41.9 Å². The highest BCUT2D eigenvalue weighted by atomic mass is 79.9. The van der Waals surface area contributed by atoms with Crippen LogP contribution in [0.3, 0.4) is 0 Å². The van der Waals surface area contributed by atoms with Gasteiger partial charge in [-0.25, -0.2) is 0 Å². The molecule has 1 unspecified atom stereocenters. The fraction of sp³-hybridized carbons (Fsp3) is 0.222. The van der Waals surface area contributed by atoms with Crippen molar-refractivity contribution in [3.05, 3.63) is 63.1 Å². The van der Waals surface area contributed by atoms with E-state index in [1.165, 1.54) is 12.1 Å². The van der Waals surface area contributed by atoms with Crippen molar-refractivity contribution in [1.29, 1.82) is 0 Å². The van der Waals surface area contributed by atoms with Gasteiger partial charge >= 0.3 is 5.92 Å². The molecule has 3 rings (SSSR count). The van der Waals surface area contributed by atoms with E-state index < -0.39 is 29.3 Å². The predicted molar refractivity (Wildman–Crippen MR) is 98.4 cm³/mol. The van der Waals surface area contributed by atoms with E-state index in [0.717, 1.165) is 11.6 Å². The van der Waals surface area contributed by atoms with Gasteiger partial charge < -0.3 is 10.6 Å². The molecule has 0 aromatic heterocycles. The van der Waals surface area contributed by atoms with Crippen LogP contribution in [-0.4, -0.2) is 17.9 Å². The normalized spacial score (nSPS) is 17.1. The van der Waals surface area contributed by atoms with Gasteiger partial charge in [0.1, 0.15) is 6.04 Å². The van der Waals surface area contributed by atoms with Crippen molar-refractivity contribution in [2.75, 3.05) is 5.32 Å². The molecule has 1 heterocycles. The number of nitrogens with one attached hydrogen (secondary N) is 2. The van der Waals surface area contributed by atoms with Crippen molar-refractivity contribution in [3.8, 4) is 0 Å². The molecule has 2 aromatic carbocycles. The number of halogens is 4. The Morgan fingerprint density at radius 1 is 1.23 bits per heavy atom. The van der Waals surface area contributed by atoms with E-state index in [1.54, 1.807) is 12.1 Å². The van der Waals surface area contributed by atoms with E-state index >= 15 is 0 Å². The zero-order valence-electron chi connectivity index (χ0n) is 13.4. The first-order valence-electron chi connectivity index (χ1n) is 7.82. The third kappa shape index (κ3) is 3.59. The molecule has 0 saturated carbocycles. The maximum Gasteiger partial charge on any atom is 0.351 e. The number of carbonyl (C=O) groups is 2. The van der Waals surface area contributed by atoms with Gasteiger partial charge in [-0.15, -0.1) is 0 Å². The second-order valence-corrected chi connectivity index (χ2v) is 7.12. The molecule has 8 heteroatoms. The lowest BCUT2D eigenvalue weighted by molar-refractivity contribution is -0.148. The van der Waals surface area contributed by atoms with E-state index in [9.17, 15) is 18.4 Å². The summed E-state index contributed by atoms with van der Waals surface area (Å²) < 4.78 is 29.4. The Morgan fingerprint density at radius 2 is 1.96 bits per heavy atom. The second-order valence-electron chi connectivity index (χ2n) is 5.89. The van der Waals surface area contributed by atoms with Gasteiger partial charge in [0, 0.05) is 10.2 Å². The smallest absolute Gasteiger partial charge is 0.339 e. The molecule has 1 aliphatic heterocycles. The Hall–Kier alpha value is -1.99. The number of amides is 2. The predicted octanol–water partition coefficient (Wildman–Crippen LogP) is 4.26. The summed E-state index contributed by atoms with van der Waals surface area (Å²) in [4.78, 5) is 24.5. The molecule has 2 aromatic rings. The number of alkyl halides is 2. The Labute approximate surface area is 162 Å². The Bertz CT molecular complexity index is 876. The first-order chi connectivity index (χ1) is 12.3. The van der Waals surface area contributed by atoms with Crippen LogP contribution in [0.5, 0.6) is 0 Å². The van der Waals surface area contributed by atoms with Gasteiger partial charge in [0.05, 0.1) is 10.6 Å². The van der Waals surface area contributed by atoms with Gasteiger partial charge in [0.2, 0.25) is 5.91 Å². The Morgan fingerprint density at radius 3 is 2.73 bits per heavy atom. The molecule has 2 amide bonds. The van der Waals surface area contributed by atoms with Crippen molar-refractivity contribution in [3.63, 3.8) is 0 Å². The van der Waals surface area contributed by atoms with Crippen molar-refractivity contribution in [2.24, 2.45) is 0 Å². The summed E-state index contributed by atoms with van der Waals surface area (Å²) in [5.41, 5.74) is 0.888. The molecular formula is C18H14BrClF2N2O2. The lowest BCUT2D eigenvalue weighted by atomic mass is 10.0. The monoisotopic (exact) mass is 442 g/mol. The molecule has 26 heavy (non-hydrogen) atoms. The third-order valence-electron chi connectivity index (χ3n) is 4.17. The van der Waals surface area contributed by atoms with Crippen molar-refractivity contribution in [2.45, 2.75) is 24.8 Å². The first kappa shape index (κ1) is 18.8. The highest BCUT2D eigenvalue weighted by molar-refractivity contribution is 9.10. The number of carbonyl (C=O) groups excluding carboxylic acids is 2. The molecule has 4 nitrogen and oxygen atoms in total. The lowest BCUT2D eigenvalue weighted by Crippen LogP contribution is -2.48. The van der Waals surface area contributed by atoms with Crippen LogP contribution in [0.4, 0.5) is 14.5 Å². The van der Waals surface area contributed by atoms with Crippen LogP contribution in [0.15, 0.2) is 46.9 Å². The summed E-state index contributed by atoms with van der Waals surface area (Å²) >= 11 is 8.96. The molecule has 0 aliphatic carbocycles. The number of anilines is 1. The van der Waals surface area contributed by atoms with Gasteiger partial charge in [0.15, 0.2) is 0 Å². The molecule has 136 valence electrons. The number of aryl methyl sites for hydroxylation is 1. The van der Waals surface area contributed by atoms with Crippen LogP contribution in [0.2, 0.25) is 5.02 Å². The zero-order chi connectivity index (χ0) is 18.9. The van der Waals surface area contributed by atoms with Crippen molar-refractivity contribution in [1.82, 2.24) is 5.32 Å². The highest BCUT2D eigenvalue weighted by Gasteiger charge is 2.44. The fourth-order valence-corrected chi connectivity index (χ4v) is 3.38. The Kier molecular flexibility index (Phi) is 5.29. The third-order valence-corrected chi connectivity index (χ3v) is 5.47.